The number of hydrogen-bond donors (Lipinski definition) is 1. The van der Waals surface area contributed by atoms with Crippen molar-refractivity contribution in [1.29, 1.82) is 0 Å². The van der Waals surface area contributed by atoms with Crippen LogP contribution in [0.5, 0.6) is 0 Å². The predicted molar refractivity (Wildman–Crippen MR) is 104 cm³/mol. The number of fused-ring (bicyclic) bond motifs is 1. The van der Waals surface area contributed by atoms with E-state index in [0.29, 0.717) is 22.4 Å². The quantitative estimate of drug-likeness (QED) is 0.676. The van der Waals surface area contributed by atoms with E-state index in [2.05, 4.69) is 4.72 Å². The van der Waals surface area contributed by atoms with Crippen LogP contribution in [0.25, 0.3) is 0 Å². The molecule has 0 unspecified atom stereocenters. The van der Waals surface area contributed by atoms with Crippen LogP contribution in [0.1, 0.15) is 26.3 Å². The second kappa shape index (κ2) is 6.94. The van der Waals surface area contributed by atoms with Crippen LogP contribution in [0.4, 0.5) is 5.69 Å². The zero-order valence-electron chi connectivity index (χ0n) is 14.7. The van der Waals surface area contributed by atoms with Gasteiger partial charge in [0.2, 0.25) is 0 Å². The number of imide groups is 1. The highest BCUT2D eigenvalue weighted by Gasteiger charge is 2.34. The predicted octanol–water partition coefficient (Wildman–Crippen LogP) is 3.28. The number of anilines is 1. The number of rotatable bonds is 5. The molecular weight excluding hydrogens is 376 g/mol. The molecule has 7 heteroatoms. The molecule has 0 bridgehead atoms. The van der Waals surface area contributed by atoms with Crippen LogP contribution in [0.2, 0.25) is 0 Å². The van der Waals surface area contributed by atoms with Crippen LogP contribution < -0.4 is 4.72 Å². The van der Waals surface area contributed by atoms with Gasteiger partial charge in [0.05, 0.1) is 22.6 Å². The molecule has 0 saturated heterocycles. The van der Waals surface area contributed by atoms with E-state index in [-0.39, 0.29) is 23.3 Å². The van der Waals surface area contributed by atoms with Gasteiger partial charge in [0, 0.05) is 5.69 Å². The fraction of sp³-hybridized carbons (Fsp3) is 0.0476. The summed E-state index contributed by atoms with van der Waals surface area (Å²) >= 11 is 0. The Kier molecular flexibility index (Phi) is 4.44. The standard InChI is InChI=1S/C21H16N2O4S/c24-20-18-8-4-5-9-19(18)21(25)23(20)14-15-10-12-17(13-11-15)28(26,27)22-16-6-2-1-3-7-16/h1-13,22H,14H2. The van der Waals surface area contributed by atoms with Gasteiger partial charge in [-0.15, -0.1) is 0 Å². The largest absolute Gasteiger partial charge is 0.280 e. The maximum atomic E-state index is 12.5. The Morgan fingerprint density at radius 1 is 0.714 bits per heavy atom. The average Bonchev–Trinajstić information content (AvgIpc) is 2.94. The normalized spacial score (nSPS) is 13.5. The van der Waals surface area contributed by atoms with Gasteiger partial charge in [-0.1, -0.05) is 42.5 Å². The molecule has 4 rings (SSSR count). The molecular formula is C21H16N2O4S. The van der Waals surface area contributed by atoms with Crippen LogP contribution >= 0.6 is 0 Å². The summed E-state index contributed by atoms with van der Waals surface area (Å²) < 4.78 is 27.5. The number of para-hydroxylation sites is 1. The van der Waals surface area contributed by atoms with E-state index in [0.717, 1.165) is 4.90 Å². The molecule has 0 atom stereocenters. The summed E-state index contributed by atoms with van der Waals surface area (Å²) in [5.41, 5.74) is 1.91. The topological polar surface area (TPSA) is 83.6 Å². The highest BCUT2D eigenvalue weighted by Crippen LogP contribution is 2.25. The van der Waals surface area contributed by atoms with Gasteiger partial charge in [-0.05, 0) is 42.0 Å². The molecule has 3 aromatic rings. The minimum Gasteiger partial charge on any atom is -0.280 e. The van der Waals surface area contributed by atoms with Crippen molar-refractivity contribution < 1.29 is 18.0 Å². The van der Waals surface area contributed by atoms with Crippen molar-refractivity contribution in [3.8, 4) is 0 Å². The monoisotopic (exact) mass is 392 g/mol. The van der Waals surface area contributed by atoms with E-state index < -0.39 is 10.0 Å². The van der Waals surface area contributed by atoms with Gasteiger partial charge in [-0.2, -0.15) is 0 Å². The number of benzene rings is 3. The molecule has 0 radical (unpaired) electrons. The molecule has 0 saturated carbocycles. The summed E-state index contributed by atoms with van der Waals surface area (Å²) in [6.07, 6.45) is 0. The lowest BCUT2D eigenvalue weighted by molar-refractivity contribution is 0.0642. The van der Waals surface area contributed by atoms with E-state index in [4.69, 9.17) is 0 Å². The molecule has 0 spiro atoms. The van der Waals surface area contributed by atoms with Crippen LogP contribution in [-0.2, 0) is 16.6 Å². The number of nitrogens with one attached hydrogen (secondary N) is 1. The number of carbonyl (C=O) groups is 2. The Bertz CT molecular complexity index is 1120. The van der Waals surface area contributed by atoms with Crippen LogP contribution in [0.3, 0.4) is 0 Å². The summed E-state index contributed by atoms with van der Waals surface area (Å²) in [5, 5.41) is 0. The molecule has 1 heterocycles. The average molecular weight is 392 g/mol. The van der Waals surface area contributed by atoms with E-state index in [1.807, 2.05) is 0 Å². The molecule has 1 N–H and O–H groups in total. The third-order valence-electron chi connectivity index (χ3n) is 4.48. The Hall–Kier alpha value is -3.45. The summed E-state index contributed by atoms with van der Waals surface area (Å²) in [4.78, 5) is 26.1. The maximum absolute atomic E-state index is 12.5. The van der Waals surface area contributed by atoms with Crippen molar-refractivity contribution in [1.82, 2.24) is 4.90 Å². The number of nitrogens with zero attached hydrogens (tertiary/aromatic N) is 1. The SMILES string of the molecule is O=C1c2ccccc2C(=O)N1Cc1ccc(S(=O)(=O)Nc2ccccc2)cc1. The molecule has 1 aliphatic rings. The van der Waals surface area contributed by atoms with Crippen molar-refractivity contribution in [2.45, 2.75) is 11.4 Å². The second-order valence-corrected chi connectivity index (χ2v) is 8.04. The van der Waals surface area contributed by atoms with E-state index in [9.17, 15) is 18.0 Å². The van der Waals surface area contributed by atoms with Gasteiger partial charge >= 0.3 is 0 Å². The molecule has 2 amide bonds. The number of carbonyl (C=O) groups excluding carboxylic acids is 2. The van der Waals surface area contributed by atoms with Gasteiger partial charge in [-0.25, -0.2) is 8.42 Å². The molecule has 1 aliphatic heterocycles. The smallest absolute Gasteiger partial charge is 0.261 e. The third kappa shape index (κ3) is 3.27. The zero-order chi connectivity index (χ0) is 19.7. The minimum atomic E-state index is -3.72. The van der Waals surface area contributed by atoms with Crippen molar-refractivity contribution in [2.24, 2.45) is 0 Å². The first-order valence-corrected chi connectivity index (χ1v) is 10.1. The molecule has 140 valence electrons. The van der Waals surface area contributed by atoms with Crippen LogP contribution in [0, 0.1) is 0 Å². The van der Waals surface area contributed by atoms with Crippen molar-refractivity contribution in [3.63, 3.8) is 0 Å². The fourth-order valence-corrected chi connectivity index (χ4v) is 4.12. The summed E-state index contributed by atoms with van der Waals surface area (Å²) in [7, 11) is -3.72. The Morgan fingerprint density at radius 2 is 1.25 bits per heavy atom. The second-order valence-electron chi connectivity index (χ2n) is 6.36. The van der Waals surface area contributed by atoms with Crippen LogP contribution in [0.15, 0.2) is 83.8 Å². The highest BCUT2D eigenvalue weighted by atomic mass is 32.2. The lowest BCUT2D eigenvalue weighted by atomic mass is 10.1. The maximum Gasteiger partial charge on any atom is 0.261 e. The minimum absolute atomic E-state index is 0.0821. The highest BCUT2D eigenvalue weighted by molar-refractivity contribution is 7.92. The van der Waals surface area contributed by atoms with E-state index >= 15 is 0 Å². The van der Waals surface area contributed by atoms with Crippen molar-refractivity contribution in [3.05, 3.63) is 95.6 Å². The van der Waals surface area contributed by atoms with E-state index in [1.54, 1.807) is 66.7 Å². The summed E-state index contributed by atoms with van der Waals surface area (Å²) in [6, 6.07) is 21.4. The molecule has 0 fully saturated rings. The van der Waals surface area contributed by atoms with Crippen molar-refractivity contribution in [2.75, 3.05) is 4.72 Å². The molecule has 0 aliphatic carbocycles. The van der Waals surface area contributed by atoms with Gasteiger partial charge in [-0.3, -0.25) is 19.2 Å². The van der Waals surface area contributed by atoms with Gasteiger partial charge in [0.15, 0.2) is 0 Å². The summed E-state index contributed by atoms with van der Waals surface area (Å²) in [5.74, 6) is -0.689. The number of sulfonamides is 1. The lowest BCUT2D eigenvalue weighted by Crippen LogP contribution is -2.29. The van der Waals surface area contributed by atoms with Crippen molar-refractivity contribution >= 4 is 27.5 Å². The number of amides is 2. The van der Waals surface area contributed by atoms with Gasteiger partial charge in [0.1, 0.15) is 0 Å². The molecule has 6 nitrogen and oxygen atoms in total. The summed E-state index contributed by atoms with van der Waals surface area (Å²) in [6.45, 7) is 0.0821. The fourth-order valence-electron chi connectivity index (χ4n) is 3.06. The number of hydrogen-bond acceptors (Lipinski definition) is 4. The lowest BCUT2D eigenvalue weighted by Gasteiger charge is -2.14. The third-order valence-corrected chi connectivity index (χ3v) is 5.88. The van der Waals surface area contributed by atoms with Gasteiger partial charge < -0.3 is 0 Å². The first kappa shape index (κ1) is 17.9. The Balaban J connectivity index is 1.51. The van der Waals surface area contributed by atoms with Crippen LogP contribution in [-0.4, -0.2) is 25.1 Å². The Morgan fingerprint density at radius 3 is 1.82 bits per heavy atom. The van der Waals surface area contributed by atoms with E-state index in [1.165, 1.54) is 12.1 Å². The Labute approximate surface area is 162 Å². The first-order valence-electron chi connectivity index (χ1n) is 8.58. The van der Waals surface area contributed by atoms with Gasteiger partial charge in [0.25, 0.3) is 21.8 Å². The molecule has 28 heavy (non-hydrogen) atoms. The first-order chi connectivity index (χ1) is 13.5. The molecule has 0 aromatic heterocycles. The molecule has 3 aromatic carbocycles. The zero-order valence-corrected chi connectivity index (χ0v) is 15.5.